The van der Waals surface area contributed by atoms with Gasteiger partial charge in [-0.25, -0.2) is 4.98 Å². The van der Waals surface area contributed by atoms with Crippen molar-refractivity contribution in [3.8, 4) is 5.75 Å². The molecule has 1 aliphatic carbocycles. The highest BCUT2D eigenvalue weighted by Crippen LogP contribution is 2.30. The maximum Gasteiger partial charge on any atom is 0.293 e. The lowest BCUT2D eigenvalue weighted by molar-refractivity contribution is 0.118. The minimum Gasteiger partial charge on any atom is -0.485 e. The monoisotopic (exact) mass is 453 g/mol. The highest BCUT2D eigenvalue weighted by molar-refractivity contribution is 6.32. The van der Waals surface area contributed by atoms with E-state index in [0.29, 0.717) is 22.5 Å². The summed E-state index contributed by atoms with van der Waals surface area (Å²) < 4.78 is 7.58. The molecule has 2 aromatic heterocycles. The van der Waals surface area contributed by atoms with Gasteiger partial charge in [-0.1, -0.05) is 18.5 Å². The Morgan fingerprint density at radius 2 is 1.94 bits per heavy atom. The molecule has 1 saturated carbocycles. The molecule has 1 aliphatic heterocycles. The van der Waals surface area contributed by atoms with Gasteiger partial charge in [0.1, 0.15) is 5.02 Å². The van der Waals surface area contributed by atoms with Gasteiger partial charge in [0.15, 0.2) is 11.6 Å². The van der Waals surface area contributed by atoms with Gasteiger partial charge in [0.05, 0.1) is 17.8 Å². The van der Waals surface area contributed by atoms with Gasteiger partial charge in [-0.3, -0.25) is 4.79 Å². The van der Waals surface area contributed by atoms with Crippen molar-refractivity contribution in [3.63, 3.8) is 0 Å². The largest absolute Gasteiger partial charge is 0.485 e. The minimum absolute atomic E-state index is 0.107. The van der Waals surface area contributed by atoms with Crippen LogP contribution in [0.3, 0.4) is 0 Å². The molecule has 0 spiro atoms. The smallest absolute Gasteiger partial charge is 0.293 e. The van der Waals surface area contributed by atoms with Gasteiger partial charge in [0.25, 0.3) is 5.56 Å². The Labute approximate surface area is 192 Å². The van der Waals surface area contributed by atoms with Gasteiger partial charge in [-0.15, -0.1) is 0 Å². The van der Waals surface area contributed by atoms with Gasteiger partial charge in [-0.05, 0) is 62.3 Å². The molecule has 1 N–H and O–H groups in total. The third-order valence-electron chi connectivity index (χ3n) is 6.60. The first kappa shape index (κ1) is 21.1. The zero-order valence-electron chi connectivity index (χ0n) is 18.5. The molecule has 32 heavy (non-hydrogen) atoms. The van der Waals surface area contributed by atoms with Gasteiger partial charge in [0.2, 0.25) is 5.95 Å². The second-order valence-corrected chi connectivity index (χ2v) is 9.39. The molecule has 0 bridgehead atoms. The van der Waals surface area contributed by atoms with Gasteiger partial charge < -0.3 is 19.5 Å². The van der Waals surface area contributed by atoms with Crippen LogP contribution in [0.1, 0.15) is 39.0 Å². The number of hydrogen-bond acceptors (Lipinski definition) is 6. The Hall–Kier alpha value is -2.80. The topological polar surface area (TPSA) is 72.3 Å². The lowest BCUT2D eigenvalue weighted by Gasteiger charge is -2.30. The van der Waals surface area contributed by atoms with E-state index in [2.05, 4.69) is 22.1 Å². The minimum atomic E-state index is -0.107. The van der Waals surface area contributed by atoms with Crippen molar-refractivity contribution < 1.29 is 4.74 Å². The Morgan fingerprint density at radius 3 is 2.66 bits per heavy atom. The van der Waals surface area contributed by atoms with E-state index in [1.165, 1.54) is 0 Å². The maximum absolute atomic E-state index is 12.7. The van der Waals surface area contributed by atoms with Gasteiger partial charge >= 0.3 is 0 Å². The van der Waals surface area contributed by atoms with Crippen molar-refractivity contribution in [3.05, 3.63) is 45.8 Å². The number of anilines is 3. The summed E-state index contributed by atoms with van der Waals surface area (Å²) >= 11 is 6.41. The van der Waals surface area contributed by atoms with Crippen molar-refractivity contribution >= 4 is 40.0 Å². The number of benzene rings is 1. The lowest BCUT2D eigenvalue weighted by atomic mass is 9.96. The summed E-state index contributed by atoms with van der Waals surface area (Å²) in [6.07, 6.45) is 7.26. The summed E-state index contributed by atoms with van der Waals surface area (Å²) in [4.78, 5) is 24.0. The summed E-state index contributed by atoms with van der Waals surface area (Å²) in [7, 11) is 1.78. The molecule has 0 atom stereocenters. The van der Waals surface area contributed by atoms with E-state index in [0.717, 1.165) is 67.7 Å². The maximum atomic E-state index is 12.7. The van der Waals surface area contributed by atoms with Crippen LogP contribution >= 0.6 is 11.6 Å². The van der Waals surface area contributed by atoms with Gasteiger partial charge in [-0.2, -0.15) is 4.98 Å². The highest BCUT2D eigenvalue weighted by atomic mass is 35.5. The molecule has 1 saturated heterocycles. The van der Waals surface area contributed by atoms with Crippen LogP contribution in [-0.4, -0.2) is 33.7 Å². The van der Waals surface area contributed by atoms with E-state index in [-0.39, 0.29) is 11.7 Å². The predicted octanol–water partition coefficient (Wildman–Crippen LogP) is 4.89. The Bertz CT molecular complexity index is 1200. The molecular weight excluding hydrogens is 426 g/mol. The molecule has 168 valence electrons. The number of pyridine rings is 1. The van der Waals surface area contributed by atoms with E-state index in [4.69, 9.17) is 21.3 Å². The number of aryl methyl sites for hydroxylation is 1. The second kappa shape index (κ2) is 8.62. The Balaban J connectivity index is 1.43. The molecule has 3 aromatic rings. The standard InChI is InChI=1S/C24H28ClN5O2/c1-15-8-10-30(11-9-15)24-26-14-19(25)22(28-24)27-17-6-7-20-16(12-17)13-21(23(31)29(20)2)32-18-4-3-5-18/h6-7,12-15,18H,3-5,8-11H2,1-2H3,(H,26,27,28). The van der Waals surface area contributed by atoms with E-state index >= 15 is 0 Å². The summed E-state index contributed by atoms with van der Waals surface area (Å²) in [6, 6.07) is 7.68. The normalized spacial score (nSPS) is 17.4. The van der Waals surface area contributed by atoms with Crippen molar-refractivity contribution in [1.29, 1.82) is 0 Å². The van der Waals surface area contributed by atoms with E-state index in [9.17, 15) is 4.79 Å². The van der Waals surface area contributed by atoms with Crippen molar-refractivity contribution in [2.45, 2.75) is 45.1 Å². The molecule has 5 rings (SSSR count). The third-order valence-corrected chi connectivity index (χ3v) is 6.87. The number of hydrogen-bond donors (Lipinski definition) is 1. The van der Waals surface area contributed by atoms with Crippen LogP contribution in [0.2, 0.25) is 5.02 Å². The van der Waals surface area contributed by atoms with Gasteiger partial charge in [0, 0.05) is 31.2 Å². The average Bonchev–Trinajstić information content (AvgIpc) is 2.76. The predicted molar refractivity (Wildman–Crippen MR) is 128 cm³/mol. The van der Waals surface area contributed by atoms with Crippen LogP contribution in [0, 0.1) is 5.92 Å². The highest BCUT2D eigenvalue weighted by Gasteiger charge is 2.22. The zero-order chi connectivity index (χ0) is 22.2. The van der Waals surface area contributed by atoms with E-state index in [1.54, 1.807) is 17.8 Å². The first-order valence-corrected chi connectivity index (χ1v) is 11.7. The zero-order valence-corrected chi connectivity index (χ0v) is 19.2. The van der Waals surface area contributed by atoms with Crippen LogP contribution in [0.25, 0.3) is 10.9 Å². The van der Waals surface area contributed by atoms with Crippen LogP contribution in [-0.2, 0) is 7.05 Å². The molecule has 2 aliphatic rings. The molecule has 8 heteroatoms. The summed E-state index contributed by atoms with van der Waals surface area (Å²) in [6.45, 7) is 4.19. The third kappa shape index (κ3) is 4.13. The number of piperidine rings is 1. The van der Waals surface area contributed by atoms with Crippen LogP contribution in [0.5, 0.6) is 5.75 Å². The molecule has 0 radical (unpaired) electrons. The fourth-order valence-corrected chi connectivity index (χ4v) is 4.37. The molecular formula is C24H28ClN5O2. The van der Waals surface area contributed by atoms with E-state index in [1.807, 2.05) is 24.3 Å². The van der Waals surface area contributed by atoms with Crippen LogP contribution in [0.15, 0.2) is 35.3 Å². The number of rotatable bonds is 5. The SMILES string of the molecule is CC1CCN(c2ncc(Cl)c(Nc3ccc4c(c3)cc(OC3CCC3)c(=O)n4C)n2)CC1. The molecule has 0 amide bonds. The van der Waals surface area contributed by atoms with E-state index < -0.39 is 0 Å². The fourth-order valence-electron chi connectivity index (χ4n) is 4.23. The number of fused-ring (bicyclic) bond motifs is 1. The Morgan fingerprint density at radius 1 is 1.16 bits per heavy atom. The molecule has 1 aromatic carbocycles. The van der Waals surface area contributed by atoms with Crippen molar-refractivity contribution in [2.75, 3.05) is 23.3 Å². The summed E-state index contributed by atoms with van der Waals surface area (Å²) in [5, 5.41) is 4.72. The molecule has 0 unspecified atom stereocenters. The second-order valence-electron chi connectivity index (χ2n) is 8.98. The number of halogens is 1. The van der Waals surface area contributed by atoms with Crippen LogP contribution in [0.4, 0.5) is 17.5 Å². The number of ether oxygens (including phenoxy) is 1. The first-order valence-electron chi connectivity index (χ1n) is 11.3. The average molecular weight is 454 g/mol. The first-order chi connectivity index (χ1) is 15.5. The summed E-state index contributed by atoms with van der Waals surface area (Å²) in [5.74, 6) is 2.42. The Kier molecular flexibility index (Phi) is 5.67. The van der Waals surface area contributed by atoms with Crippen LogP contribution < -0.4 is 20.5 Å². The number of aromatic nitrogens is 3. The number of nitrogens with zero attached hydrogens (tertiary/aromatic N) is 4. The molecule has 3 heterocycles. The fraction of sp³-hybridized carbons (Fsp3) is 0.458. The molecule has 2 fully saturated rings. The number of nitrogens with one attached hydrogen (secondary N) is 1. The lowest BCUT2D eigenvalue weighted by Crippen LogP contribution is -2.34. The van der Waals surface area contributed by atoms with Crippen molar-refractivity contribution in [2.24, 2.45) is 13.0 Å². The molecule has 7 nitrogen and oxygen atoms in total. The van der Waals surface area contributed by atoms with Crippen molar-refractivity contribution in [1.82, 2.24) is 14.5 Å². The summed E-state index contributed by atoms with van der Waals surface area (Å²) in [5.41, 5.74) is 1.58. The quantitative estimate of drug-likeness (QED) is 0.592.